The second-order valence-electron chi connectivity index (χ2n) is 4.97. The standard InChI is InChI=1S/C16H25NO4/c1-4-8-20-14-6-5-13(10-12(2)17)15(11-14)21-9-7-16(18)19-3/h5-6,11-12H,4,7-10,17H2,1-3H3. The summed E-state index contributed by atoms with van der Waals surface area (Å²) in [6, 6.07) is 5.77. The van der Waals surface area contributed by atoms with Gasteiger partial charge in [0, 0.05) is 12.1 Å². The van der Waals surface area contributed by atoms with Gasteiger partial charge in [-0.25, -0.2) is 0 Å². The van der Waals surface area contributed by atoms with Gasteiger partial charge < -0.3 is 19.9 Å². The minimum atomic E-state index is -0.290. The van der Waals surface area contributed by atoms with E-state index in [2.05, 4.69) is 11.7 Å². The smallest absolute Gasteiger partial charge is 0.308 e. The Balaban J connectivity index is 2.75. The number of benzene rings is 1. The predicted octanol–water partition coefficient (Wildman–Crippen LogP) is 2.31. The molecule has 1 rings (SSSR count). The fraction of sp³-hybridized carbons (Fsp3) is 0.562. The third-order valence-corrected chi connectivity index (χ3v) is 2.84. The zero-order valence-electron chi connectivity index (χ0n) is 13.1. The van der Waals surface area contributed by atoms with E-state index in [1.807, 2.05) is 25.1 Å². The minimum absolute atomic E-state index is 0.0374. The molecule has 1 aromatic carbocycles. The highest BCUT2D eigenvalue weighted by Gasteiger charge is 2.09. The summed E-state index contributed by atoms with van der Waals surface area (Å²) < 4.78 is 15.9. The van der Waals surface area contributed by atoms with Crippen LogP contribution in [0.4, 0.5) is 0 Å². The van der Waals surface area contributed by atoms with Crippen LogP contribution in [0.15, 0.2) is 18.2 Å². The molecular weight excluding hydrogens is 270 g/mol. The van der Waals surface area contributed by atoms with Crippen LogP contribution in [0.2, 0.25) is 0 Å². The quantitative estimate of drug-likeness (QED) is 0.708. The fourth-order valence-corrected chi connectivity index (χ4v) is 1.84. The lowest BCUT2D eigenvalue weighted by molar-refractivity contribution is -0.141. The van der Waals surface area contributed by atoms with Crippen molar-refractivity contribution in [2.24, 2.45) is 5.73 Å². The Labute approximate surface area is 126 Å². The van der Waals surface area contributed by atoms with Crippen LogP contribution in [-0.2, 0) is 16.0 Å². The average molecular weight is 295 g/mol. The minimum Gasteiger partial charge on any atom is -0.493 e. The largest absolute Gasteiger partial charge is 0.493 e. The molecule has 0 aromatic heterocycles. The summed E-state index contributed by atoms with van der Waals surface area (Å²) in [5, 5.41) is 0. The number of carbonyl (C=O) groups is 1. The second-order valence-corrected chi connectivity index (χ2v) is 4.97. The first-order valence-electron chi connectivity index (χ1n) is 7.27. The van der Waals surface area contributed by atoms with E-state index in [1.54, 1.807) is 0 Å². The molecule has 0 spiro atoms. The van der Waals surface area contributed by atoms with Crippen LogP contribution in [0.3, 0.4) is 0 Å². The molecule has 0 saturated carbocycles. The van der Waals surface area contributed by atoms with Crippen molar-refractivity contribution in [2.45, 2.75) is 39.2 Å². The van der Waals surface area contributed by atoms with Crippen molar-refractivity contribution in [3.8, 4) is 11.5 Å². The van der Waals surface area contributed by atoms with Gasteiger partial charge in [-0.3, -0.25) is 4.79 Å². The number of carbonyl (C=O) groups excluding carboxylic acids is 1. The van der Waals surface area contributed by atoms with Crippen molar-refractivity contribution in [2.75, 3.05) is 20.3 Å². The zero-order chi connectivity index (χ0) is 15.7. The molecule has 0 radical (unpaired) electrons. The molecule has 2 N–H and O–H groups in total. The number of nitrogens with two attached hydrogens (primary N) is 1. The average Bonchev–Trinajstić information content (AvgIpc) is 2.46. The molecular formula is C16H25NO4. The summed E-state index contributed by atoms with van der Waals surface area (Å²) in [6.45, 7) is 4.93. The molecule has 1 aromatic rings. The third kappa shape index (κ3) is 6.49. The molecule has 5 heteroatoms. The van der Waals surface area contributed by atoms with Gasteiger partial charge in [0.05, 0.1) is 26.7 Å². The number of rotatable bonds is 9. The third-order valence-electron chi connectivity index (χ3n) is 2.84. The molecule has 0 aliphatic carbocycles. The van der Waals surface area contributed by atoms with Crippen molar-refractivity contribution in [3.05, 3.63) is 23.8 Å². The topological polar surface area (TPSA) is 70.8 Å². The van der Waals surface area contributed by atoms with Crippen LogP contribution in [-0.4, -0.2) is 32.3 Å². The van der Waals surface area contributed by atoms with Crippen LogP contribution in [0, 0.1) is 0 Å². The summed E-state index contributed by atoms with van der Waals surface area (Å²) in [5.41, 5.74) is 6.86. The fourth-order valence-electron chi connectivity index (χ4n) is 1.84. The maximum atomic E-state index is 11.1. The number of ether oxygens (including phenoxy) is 3. The van der Waals surface area contributed by atoms with E-state index in [9.17, 15) is 4.79 Å². The molecule has 118 valence electrons. The molecule has 0 saturated heterocycles. The summed E-state index contributed by atoms with van der Waals surface area (Å²) >= 11 is 0. The lowest BCUT2D eigenvalue weighted by Gasteiger charge is -2.15. The molecule has 0 aliphatic rings. The van der Waals surface area contributed by atoms with Crippen molar-refractivity contribution in [3.63, 3.8) is 0 Å². The van der Waals surface area contributed by atoms with Gasteiger partial charge in [-0.05, 0) is 31.4 Å². The Kier molecular flexibility index (Phi) is 7.61. The SMILES string of the molecule is CCCOc1ccc(CC(C)N)c(OCCC(=O)OC)c1. The van der Waals surface area contributed by atoms with Crippen LogP contribution < -0.4 is 15.2 Å². The first kappa shape index (κ1) is 17.3. The van der Waals surface area contributed by atoms with Crippen LogP contribution in [0.1, 0.15) is 32.3 Å². The van der Waals surface area contributed by atoms with Gasteiger partial charge in [0.15, 0.2) is 0 Å². The van der Waals surface area contributed by atoms with Gasteiger partial charge in [0.2, 0.25) is 0 Å². The monoisotopic (exact) mass is 295 g/mol. The van der Waals surface area contributed by atoms with E-state index in [4.69, 9.17) is 15.2 Å². The zero-order valence-corrected chi connectivity index (χ0v) is 13.1. The first-order chi connectivity index (χ1) is 10.1. The van der Waals surface area contributed by atoms with Crippen molar-refractivity contribution < 1.29 is 19.0 Å². The van der Waals surface area contributed by atoms with Gasteiger partial charge in [-0.2, -0.15) is 0 Å². The molecule has 0 amide bonds. The maximum absolute atomic E-state index is 11.1. The lowest BCUT2D eigenvalue weighted by Crippen LogP contribution is -2.18. The summed E-state index contributed by atoms with van der Waals surface area (Å²) in [5.74, 6) is 1.19. The Hall–Kier alpha value is -1.75. The summed E-state index contributed by atoms with van der Waals surface area (Å²) in [4.78, 5) is 11.1. The Bertz CT molecular complexity index is 446. The summed E-state index contributed by atoms with van der Waals surface area (Å²) in [6.07, 6.45) is 1.87. The van der Waals surface area contributed by atoms with E-state index < -0.39 is 0 Å². The Morgan fingerprint density at radius 3 is 2.67 bits per heavy atom. The first-order valence-corrected chi connectivity index (χ1v) is 7.27. The van der Waals surface area contributed by atoms with Gasteiger partial charge in [0.25, 0.3) is 0 Å². The number of hydrogen-bond donors (Lipinski definition) is 1. The molecule has 1 unspecified atom stereocenters. The molecule has 0 aliphatic heterocycles. The predicted molar refractivity (Wildman–Crippen MR) is 81.7 cm³/mol. The van der Waals surface area contributed by atoms with Crippen LogP contribution in [0.5, 0.6) is 11.5 Å². The van der Waals surface area contributed by atoms with E-state index >= 15 is 0 Å². The normalized spacial score (nSPS) is 11.8. The van der Waals surface area contributed by atoms with E-state index in [0.717, 1.165) is 17.7 Å². The molecule has 0 heterocycles. The highest BCUT2D eigenvalue weighted by molar-refractivity contribution is 5.69. The highest BCUT2D eigenvalue weighted by atomic mass is 16.5. The molecule has 5 nitrogen and oxygen atoms in total. The second kappa shape index (κ2) is 9.23. The Morgan fingerprint density at radius 1 is 1.29 bits per heavy atom. The molecule has 21 heavy (non-hydrogen) atoms. The van der Waals surface area contributed by atoms with E-state index in [1.165, 1.54) is 7.11 Å². The van der Waals surface area contributed by atoms with E-state index in [0.29, 0.717) is 18.8 Å². The van der Waals surface area contributed by atoms with Gasteiger partial charge in [-0.1, -0.05) is 13.0 Å². The molecule has 0 fully saturated rings. The van der Waals surface area contributed by atoms with Crippen LogP contribution in [0.25, 0.3) is 0 Å². The van der Waals surface area contributed by atoms with Crippen LogP contribution >= 0.6 is 0 Å². The van der Waals surface area contributed by atoms with Crippen molar-refractivity contribution >= 4 is 5.97 Å². The summed E-state index contributed by atoms with van der Waals surface area (Å²) in [7, 11) is 1.36. The lowest BCUT2D eigenvalue weighted by atomic mass is 10.1. The Morgan fingerprint density at radius 2 is 2.05 bits per heavy atom. The van der Waals surface area contributed by atoms with Gasteiger partial charge in [-0.15, -0.1) is 0 Å². The van der Waals surface area contributed by atoms with Crippen molar-refractivity contribution in [1.29, 1.82) is 0 Å². The number of hydrogen-bond acceptors (Lipinski definition) is 5. The highest BCUT2D eigenvalue weighted by Crippen LogP contribution is 2.26. The van der Waals surface area contributed by atoms with Crippen molar-refractivity contribution in [1.82, 2.24) is 0 Å². The molecule has 0 bridgehead atoms. The number of esters is 1. The van der Waals surface area contributed by atoms with E-state index in [-0.39, 0.29) is 25.0 Å². The maximum Gasteiger partial charge on any atom is 0.308 e. The number of methoxy groups -OCH3 is 1. The van der Waals surface area contributed by atoms with Gasteiger partial charge in [0.1, 0.15) is 11.5 Å². The van der Waals surface area contributed by atoms with Gasteiger partial charge >= 0.3 is 5.97 Å². The molecule has 1 atom stereocenters.